The van der Waals surface area contributed by atoms with Crippen LogP contribution in [0, 0.1) is 6.92 Å². The van der Waals surface area contributed by atoms with Gasteiger partial charge in [0.05, 0.1) is 0 Å². The van der Waals surface area contributed by atoms with Crippen molar-refractivity contribution in [3.05, 3.63) is 18.0 Å². The molecule has 0 unspecified atom stereocenters. The van der Waals surface area contributed by atoms with Crippen molar-refractivity contribution in [3.8, 4) is 0 Å². The molecule has 1 aromatic heterocycles. The lowest BCUT2D eigenvalue weighted by molar-refractivity contribution is 0.283. The molecule has 0 bridgehead atoms. The van der Waals surface area contributed by atoms with Crippen LogP contribution in [0.1, 0.15) is 25.0 Å². The molecule has 0 radical (unpaired) electrons. The molecular formula is C11H19N3O. The van der Waals surface area contributed by atoms with Crippen LogP contribution in [-0.2, 0) is 0 Å². The molecule has 0 fully saturated rings. The number of nitrogens with zero attached hydrogens (tertiary/aromatic N) is 3. The molecule has 1 rings (SSSR count). The van der Waals surface area contributed by atoms with E-state index in [0.29, 0.717) is 0 Å². The number of unbranched alkanes of at least 4 members (excludes halogenated alkanes) is 2. The fraction of sp³-hybridized carbons (Fsp3) is 0.636. The number of aliphatic hydroxyl groups is 1. The van der Waals surface area contributed by atoms with Gasteiger partial charge in [0.2, 0.25) is 5.95 Å². The van der Waals surface area contributed by atoms with Crippen LogP contribution in [0.15, 0.2) is 12.3 Å². The van der Waals surface area contributed by atoms with Gasteiger partial charge in [-0.2, -0.15) is 0 Å². The maximum Gasteiger partial charge on any atom is 0.225 e. The summed E-state index contributed by atoms with van der Waals surface area (Å²) in [6.45, 7) is 3.18. The van der Waals surface area contributed by atoms with Gasteiger partial charge in [0.15, 0.2) is 0 Å². The lowest BCUT2D eigenvalue weighted by atomic mass is 10.2. The molecule has 1 N–H and O–H groups in total. The maximum atomic E-state index is 8.65. The molecule has 0 atom stereocenters. The number of aromatic nitrogens is 2. The Kier molecular flexibility index (Phi) is 5.04. The number of hydrogen-bond donors (Lipinski definition) is 1. The molecule has 4 nitrogen and oxygen atoms in total. The number of anilines is 1. The summed E-state index contributed by atoms with van der Waals surface area (Å²) in [6.07, 6.45) is 4.77. The molecular weight excluding hydrogens is 190 g/mol. The normalized spacial score (nSPS) is 10.3. The number of aryl methyl sites for hydroxylation is 1. The highest BCUT2D eigenvalue weighted by atomic mass is 16.2. The van der Waals surface area contributed by atoms with Gasteiger partial charge in [-0.1, -0.05) is 0 Å². The van der Waals surface area contributed by atoms with Gasteiger partial charge in [-0.3, -0.25) is 0 Å². The highest BCUT2D eigenvalue weighted by molar-refractivity contribution is 5.28. The van der Waals surface area contributed by atoms with Crippen molar-refractivity contribution in [2.75, 3.05) is 25.1 Å². The first-order valence-corrected chi connectivity index (χ1v) is 5.35. The Bertz CT molecular complexity index is 291. The van der Waals surface area contributed by atoms with Crippen molar-refractivity contribution in [2.24, 2.45) is 0 Å². The van der Waals surface area contributed by atoms with Crippen LogP contribution in [0.3, 0.4) is 0 Å². The molecule has 0 aliphatic carbocycles. The average Bonchev–Trinajstić information content (AvgIpc) is 2.24. The molecule has 0 aliphatic rings. The molecule has 15 heavy (non-hydrogen) atoms. The van der Waals surface area contributed by atoms with Gasteiger partial charge in [-0.25, -0.2) is 9.97 Å². The lowest BCUT2D eigenvalue weighted by Gasteiger charge is -2.16. The Morgan fingerprint density at radius 3 is 2.80 bits per heavy atom. The Morgan fingerprint density at radius 1 is 1.33 bits per heavy atom. The van der Waals surface area contributed by atoms with Gasteiger partial charge in [0.25, 0.3) is 0 Å². The second-order valence-corrected chi connectivity index (χ2v) is 3.70. The summed E-state index contributed by atoms with van der Waals surface area (Å²) in [7, 11) is 1.99. The molecule has 0 saturated carbocycles. The van der Waals surface area contributed by atoms with E-state index in [0.717, 1.165) is 37.4 Å². The van der Waals surface area contributed by atoms with Crippen molar-refractivity contribution >= 4 is 5.95 Å². The van der Waals surface area contributed by atoms with Gasteiger partial charge in [-0.15, -0.1) is 0 Å². The summed E-state index contributed by atoms with van der Waals surface area (Å²) in [4.78, 5) is 10.6. The van der Waals surface area contributed by atoms with E-state index in [1.807, 2.05) is 24.9 Å². The van der Waals surface area contributed by atoms with Gasteiger partial charge < -0.3 is 10.0 Å². The predicted octanol–water partition coefficient (Wildman–Crippen LogP) is 1.38. The molecule has 84 valence electrons. The Labute approximate surface area is 91.0 Å². The second-order valence-electron chi connectivity index (χ2n) is 3.70. The van der Waals surface area contributed by atoms with Gasteiger partial charge in [0, 0.05) is 32.1 Å². The first kappa shape index (κ1) is 11.9. The van der Waals surface area contributed by atoms with Crippen molar-refractivity contribution in [3.63, 3.8) is 0 Å². The highest BCUT2D eigenvalue weighted by Crippen LogP contribution is 2.06. The smallest absolute Gasteiger partial charge is 0.225 e. The summed E-state index contributed by atoms with van der Waals surface area (Å²) in [5.41, 5.74) is 0.988. The molecule has 0 saturated heterocycles. The monoisotopic (exact) mass is 209 g/mol. The molecule has 0 spiro atoms. The van der Waals surface area contributed by atoms with Crippen LogP contribution in [0.2, 0.25) is 0 Å². The highest BCUT2D eigenvalue weighted by Gasteiger charge is 2.02. The molecule has 0 aromatic carbocycles. The number of aliphatic hydroxyl groups excluding tert-OH is 1. The van der Waals surface area contributed by atoms with E-state index in [2.05, 4.69) is 9.97 Å². The largest absolute Gasteiger partial charge is 0.396 e. The Morgan fingerprint density at radius 2 is 2.13 bits per heavy atom. The van der Waals surface area contributed by atoms with Crippen LogP contribution >= 0.6 is 0 Å². The molecule has 0 amide bonds. The lowest BCUT2D eigenvalue weighted by Crippen LogP contribution is -2.21. The van der Waals surface area contributed by atoms with Gasteiger partial charge >= 0.3 is 0 Å². The number of hydrogen-bond acceptors (Lipinski definition) is 4. The van der Waals surface area contributed by atoms with E-state index in [1.165, 1.54) is 0 Å². The third kappa shape index (κ3) is 4.25. The van der Waals surface area contributed by atoms with Crippen molar-refractivity contribution in [1.82, 2.24) is 9.97 Å². The molecule has 0 aliphatic heterocycles. The van der Waals surface area contributed by atoms with Crippen LogP contribution < -0.4 is 4.90 Å². The fourth-order valence-corrected chi connectivity index (χ4v) is 1.36. The molecule has 1 aromatic rings. The number of rotatable bonds is 6. The molecule has 4 heteroatoms. The predicted molar refractivity (Wildman–Crippen MR) is 61.0 cm³/mol. The Hall–Kier alpha value is -1.16. The third-order valence-corrected chi connectivity index (χ3v) is 2.28. The standard InChI is InChI=1S/C11H19N3O/c1-10-6-7-12-11(13-10)14(2)8-4-3-5-9-15/h6-7,15H,3-5,8-9H2,1-2H3. The Balaban J connectivity index is 2.36. The zero-order valence-electron chi connectivity index (χ0n) is 9.48. The van der Waals surface area contributed by atoms with E-state index in [1.54, 1.807) is 6.20 Å². The van der Waals surface area contributed by atoms with E-state index < -0.39 is 0 Å². The minimum Gasteiger partial charge on any atom is -0.396 e. The second kappa shape index (κ2) is 6.35. The molecule has 1 heterocycles. The fourth-order valence-electron chi connectivity index (χ4n) is 1.36. The summed E-state index contributed by atoms with van der Waals surface area (Å²) in [6, 6.07) is 1.89. The third-order valence-electron chi connectivity index (χ3n) is 2.28. The summed E-state index contributed by atoms with van der Waals surface area (Å²) >= 11 is 0. The minimum atomic E-state index is 0.282. The van der Waals surface area contributed by atoms with Crippen molar-refractivity contribution in [2.45, 2.75) is 26.2 Å². The van der Waals surface area contributed by atoms with Crippen molar-refractivity contribution in [1.29, 1.82) is 0 Å². The summed E-state index contributed by atoms with van der Waals surface area (Å²) < 4.78 is 0. The first-order chi connectivity index (χ1) is 7.24. The maximum absolute atomic E-state index is 8.65. The zero-order valence-corrected chi connectivity index (χ0v) is 9.48. The minimum absolute atomic E-state index is 0.282. The quantitative estimate of drug-likeness (QED) is 0.719. The average molecular weight is 209 g/mol. The van der Waals surface area contributed by atoms with Crippen LogP contribution in [0.5, 0.6) is 0 Å². The zero-order chi connectivity index (χ0) is 11.1. The van der Waals surface area contributed by atoms with E-state index >= 15 is 0 Å². The van der Waals surface area contributed by atoms with Crippen LogP contribution in [0.4, 0.5) is 5.95 Å². The summed E-state index contributed by atoms with van der Waals surface area (Å²) in [5, 5.41) is 8.65. The first-order valence-electron chi connectivity index (χ1n) is 5.35. The van der Waals surface area contributed by atoms with Gasteiger partial charge in [-0.05, 0) is 32.3 Å². The van der Waals surface area contributed by atoms with Crippen molar-refractivity contribution < 1.29 is 5.11 Å². The summed E-state index contributed by atoms with van der Waals surface area (Å²) in [5.74, 6) is 0.777. The topological polar surface area (TPSA) is 49.2 Å². The SMILES string of the molecule is Cc1ccnc(N(C)CCCCCO)n1. The van der Waals surface area contributed by atoms with Crippen LogP contribution in [0.25, 0.3) is 0 Å². The van der Waals surface area contributed by atoms with E-state index in [4.69, 9.17) is 5.11 Å². The van der Waals surface area contributed by atoms with E-state index in [9.17, 15) is 0 Å². The van der Waals surface area contributed by atoms with E-state index in [-0.39, 0.29) is 6.61 Å². The van der Waals surface area contributed by atoms with Gasteiger partial charge in [0.1, 0.15) is 0 Å². The van der Waals surface area contributed by atoms with Crippen LogP contribution in [-0.4, -0.2) is 35.3 Å².